The second kappa shape index (κ2) is 9.05. The Bertz CT molecular complexity index is 353. The zero-order valence-corrected chi connectivity index (χ0v) is 13.4. The lowest BCUT2D eigenvalue weighted by Crippen LogP contribution is -2.09. The molecule has 0 fully saturated rings. The van der Waals surface area contributed by atoms with Gasteiger partial charge in [-0.2, -0.15) is 0 Å². The number of rotatable bonds is 4. The summed E-state index contributed by atoms with van der Waals surface area (Å²) in [5.41, 5.74) is 6.65. The third-order valence-electron chi connectivity index (χ3n) is 1.90. The van der Waals surface area contributed by atoms with Gasteiger partial charge < -0.3 is 10.6 Å². The largest absolute Gasteiger partial charge is 0.379 e. The first-order valence-corrected chi connectivity index (χ1v) is 6.49. The summed E-state index contributed by atoms with van der Waals surface area (Å²) in [6.45, 7) is 3.12. The standard InChI is InChI=1S/C10H17N3S2.2ClH/c1-7-4-8(6-14-10(11)12)15-9(7)5-13(2)3;;/h4H,5-6H2,1-3H3,(H3,11,12);2*1H. The Morgan fingerprint density at radius 1 is 1.47 bits per heavy atom. The summed E-state index contributed by atoms with van der Waals surface area (Å²) in [5.74, 6) is 0.814. The molecule has 0 saturated heterocycles. The van der Waals surface area contributed by atoms with Crippen molar-refractivity contribution in [3.63, 3.8) is 0 Å². The molecular formula is C10H19Cl2N3S2. The summed E-state index contributed by atoms with van der Waals surface area (Å²) < 4.78 is 0. The van der Waals surface area contributed by atoms with E-state index in [1.807, 2.05) is 11.3 Å². The molecule has 3 nitrogen and oxygen atoms in total. The van der Waals surface area contributed by atoms with Crippen molar-refractivity contribution < 1.29 is 0 Å². The molecule has 0 aliphatic heterocycles. The van der Waals surface area contributed by atoms with Gasteiger partial charge in [0.1, 0.15) is 0 Å². The zero-order chi connectivity index (χ0) is 11.4. The first kappa shape index (κ1) is 19.4. The van der Waals surface area contributed by atoms with E-state index < -0.39 is 0 Å². The lowest BCUT2D eigenvalue weighted by molar-refractivity contribution is 0.405. The molecule has 0 aliphatic rings. The van der Waals surface area contributed by atoms with Crippen molar-refractivity contribution in [3.05, 3.63) is 21.4 Å². The molecule has 1 heterocycles. The Labute approximate surface area is 123 Å². The maximum atomic E-state index is 7.15. The Balaban J connectivity index is 0. The number of thioether (sulfide) groups is 1. The van der Waals surface area contributed by atoms with Crippen molar-refractivity contribution in [2.75, 3.05) is 14.1 Å². The lowest BCUT2D eigenvalue weighted by atomic mass is 10.2. The SMILES string of the molecule is Cc1cc(CSC(=N)N)sc1CN(C)C.Cl.Cl. The third kappa shape index (κ3) is 7.16. The molecule has 1 aromatic rings. The molecule has 7 heteroatoms. The Morgan fingerprint density at radius 3 is 2.53 bits per heavy atom. The van der Waals surface area contributed by atoms with Gasteiger partial charge in [-0.25, -0.2) is 0 Å². The molecule has 17 heavy (non-hydrogen) atoms. The first-order valence-electron chi connectivity index (χ1n) is 4.68. The number of nitrogens with one attached hydrogen (secondary N) is 1. The average molecular weight is 316 g/mol. The minimum atomic E-state index is 0. The highest BCUT2D eigenvalue weighted by Gasteiger charge is 2.06. The number of hydrogen-bond acceptors (Lipinski definition) is 4. The summed E-state index contributed by atoms with van der Waals surface area (Å²) in [5, 5.41) is 7.34. The van der Waals surface area contributed by atoms with Crippen LogP contribution in [-0.2, 0) is 12.3 Å². The maximum absolute atomic E-state index is 7.15. The topological polar surface area (TPSA) is 53.1 Å². The zero-order valence-electron chi connectivity index (χ0n) is 10.1. The Kier molecular flexibility index (Phi) is 10.3. The van der Waals surface area contributed by atoms with E-state index in [2.05, 4.69) is 32.0 Å². The highest BCUT2D eigenvalue weighted by molar-refractivity contribution is 8.13. The third-order valence-corrected chi connectivity index (χ3v) is 4.07. The molecular weight excluding hydrogens is 297 g/mol. The summed E-state index contributed by atoms with van der Waals surface area (Å²) in [7, 11) is 4.15. The van der Waals surface area contributed by atoms with Crippen LogP contribution in [0.5, 0.6) is 0 Å². The van der Waals surface area contributed by atoms with E-state index in [-0.39, 0.29) is 30.0 Å². The van der Waals surface area contributed by atoms with Gasteiger partial charge in [-0.1, -0.05) is 11.8 Å². The van der Waals surface area contributed by atoms with Gasteiger partial charge in [0, 0.05) is 22.1 Å². The molecule has 0 amide bonds. The van der Waals surface area contributed by atoms with E-state index in [0.29, 0.717) is 0 Å². The molecule has 0 aliphatic carbocycles. The van der Waals surface area contributed by atoms with Gasteiger partial charge >= 0.3 is 0 Å². The van der Waals surface area contributed by atoms with Gasteiger partial charge in [0.2, 0.25) is 0 Å². The minimum absolute atomic E-state index is 0. The molecule has 0 spiro atoms. The number of nitrogens with two attached hydrogens (primary N) is 1. The number of hydrogen-bond donors (Lipinski definition) is 2. The maximum Gasteiger partial charge on any atom is 0.151 e. The van der Waals surface area contributed by atoms with Gasteiger partial charge in [-0.05, 0) is 32.6 Å². The first-order chi connectivity index (χ1) is 6.99. The summed E-state index contributed by atoms with van der Waals surface area (Å²) >= 11 is 3.20. The lowest BCUT2D eigenvalue weighted by Gasteiger charge is -2.07. The van der Waals surface area contributed by atoms with Crippen LogP contribution in [0, 0.1) is 12.3 Å². The van der Waals surface area contributed by atoms with E-state index in [1.165, 1.54) is 27.1 Å². The van der Waals surface area contributed by atoms with Crippen molar-refractivity contribution in [1.82, 2.24) is 4.90 Å². The fourth-order valence-corrected chi connectivity index (χ4v) is 3.14. The van der Waals surface area contributed by atoms with Crippen molar-refractivity contribution in [1.29, 1.82) is 5.41 Å². The van der Waals surface area contributed by atoms with Gasteiger partial charge in [-0.3, -0.25) is 5.41 Å². The number of thiophene rings is 1. The van der Waals surface area contributed by atoms with Crippen molar-refractivity contribution in [2.24, 2.45) is 5.73 Å². The van der Waals surface area contributed by atoms with E-state index in [9.17, 15) is 0 Å². The smallest absolute Gasteiger partial charge is 0.151 e. The summed E-state index contributed by atoms with van der Waals surface area (Å²) in [6, 6.07) is 2.19. The number of aryl methyl sites for hydroxylation is 1. The van der Waals surface area contributed by atoms with Crippen LogP contribution < -0.4 is 5.73 Å². The second-order valence-corrected chi connectivity index (χ2v) is 5.95. The number of amidine groups is 1. The van der Waals surface area contributed by atoms with Crippen molar-refractivity contribution in [3.8, 4) is 0 Å². The molecule has 0 radical (unpaired) electrons. The van der Waals surface area contributed by atoms with Crippen LogP contribution in [0.2, 0.25) is 0 Å². The molecule has 1 aromatic heterocycles. The number of halogens is 2. The predicted octanol–water partition coefficient (Wildman–Crippen LogP) is 3.09. The quantitative estimate of drug-likeness (QED) is 0.663. The van der Waals surface area contributed by atoms with Crippen LogP contribution in [0.4, 0.5) is 0 Å². The van der Waals surface area contributed by atoms with E-state index in [4.69, 9.17) is 11.1 Å². The van der Waals surface area contributed by atoms with Crippen LogP contribution in [-0.4, -0.2) is 24.2 Å². The second-order valence-electron chi connectivity index (χ2n) is 3.71. The summed E-state index contributed by atoms with van der Waals surface area (Å²) in [6.07, 6.45) is 0. The molecule has 100 valence electrons. The minimum Gasteiger partial charge on any atom is -0.379 e. The van der Waals surface area contributed by atoms with Crippen LogP contribution in [0.1, 0.15) is 15.3 Å². The fourth-order valence-electron chi connectivity index (χ4n) is 1.25. The van der Waals surface area contributed by atoms with E-state index in [0.717, 1.165) is 12.3 Å². The Morgan fingerprint density at radius 2 is 2.06 bits per heavy atom. The normalized spacial score (nSPS) is 9.65. The van der Waals surface area contributed by atoms with Crippen LogP contribution in [0.3, 0.4) is 0 Å². The van der Waals surface area contributed by atoms with Crippen LogP contribution >= 0.6 is 47.9 Å². The van der Waals surface area contributed by atoms with Crippen LogP contribution in [0.15, 0.2) is 6.07 Å². The molecule has 0 atom stereocenters. The Hall–Kier alpha value is 0.0600. The van der Waals surface area contributed by atoms with Gasteiger partial charge in [0.25, 0.3) is 0 Å². The molecule has 0 aromatic carbocycles. The molecule has 0 saturated carbocycles. The predicted molar refractivity (Wildman–Crippen MR) is 84.2 cm³/mol. The molecule has 0 bridgehead atoms. The highest BCUT2D eigenvalue weighted by atomic mass is 35.5. The molecule has 0 unspecified atom stereocenters. The number of nitrogens with zero attached hydrogens (tertiary/aromatic N) is 1. The van der Waals surface area contributed by atoms with Crippen LogP contribution in [0.25, 0.3) is 0 Å². The van der Waals surface area contributed by atoms with Gasteiger partial charge in [0.05, 0.1) is 0 Å². The van der Waals surface area contributed by atoms with Crippen molar-refractivity contribution >= 4 is 53.1 Å². The van der Waals surface area contributed by atoms with Crippen molar-refractivity contribution in [2.45, 2.75) is 19.2 Å². The van der Waals surface area contributed by atoms with Gasteiger partial charge in [-0.15, -0.1) is 36.2 Å². The monoisotopic (exact) mass is 315 g/mol. The van der Waals surface area contributed by atoms with E-state index in [1.54, 1.807) is 0 Å². The molecule has 1 rings (SSSR count). The van der Waals surface area contributed by atoms with Gasteiger partial charge in [0.15, 0.2) is 5.17 Å². The highest BCUT2D eigenvalue weighted by Crippen LogP contribution is 2.26. The average Bonchev–Trinajstić information content (AvgIpc) is 2.43. The fraction of sp³-hybridized carbons (Fsp3) is 0.500. The molecule has 3 N–H and O–H groups in total. The van der Waals surface area contributed by atoms with E-state index >= 15 is 0 Å². The summed E-state index contributed by atoms with van der Waals surface area (Å²) in [4.78, 5) is 4.87.